The molecular weight excluding hydrogens is 320 g/mol. The van der Waals surface area contributed by atoms with E-state index in [-0.39, 0.29) is 10.2 Å². The summed E-state index contributed by atoms with van der Waals surface area (Å²) in [6, 6.07) is 0.631. The molecule has 0 heterocycles. The van der Waals surface area contributed by atoms with Crippen LogP contribution in [0.25, 0.3) is 0 Å². The fourth-order valence-corrected chi connectivity index (χ4v) is 1.40. The van der Waals surface area contributed by atoms with Crippen molar-refractivity contribution in [3.05, 3.63) is 27.1 Å². The number of benzene rings is 1. The molecule has 84 valence electrons. The molecule has 0 saturated heterocycles. The molecule has 0 aliphatic rings. The minimum Gasteiger partial charge on any atom is -0.488 e. The smallest absolute Gasteiger partial charge is 0.192 e. The monoisotopic (exact) mass is 330 g/mol. The number of hydrogen-bond donors (Lipinski definition) is 0. The van der Waals surface area contributed by atoms with Crippen molar-refractivity contribution in [3.63, 3.8) is 0 Å². The summed E-state index contributed by atoms with van der Waals surface area (Å²) in [5.74, 6) is -3.37. The van der Waals surface area contributed by atoms with E-state index >= 15 is 0 Å². The van der Waals surface area contributed by atoms with Crippen LogP contribution in [-0.2, 0) is 0 Å². The van der Waals surface area contributed by atoms with Gasteiger partial charge in [-0.25, -0.2) is 13.2 Å². The van der Waals surface area contributed by atoms with Gasteiger partial charge in [0.25, 0.3) is 0 Å². The van der Waals surface area contributed by atoms with Crippen molar-refractivity contribution in [3.8, 4) is 5.75 Å². The second-order valence-electron chi connectivity index (χ2n) is 3.00. The Bertz CT molecular complexity index is 355. The van der Waals surface area contributed by atoms with E-state index in [1.165, 1.54) is 22.6 Å². The zero-order chi connectivity index (χ0) is 11.4. The van der Waals surface area contributed by atoms with Crippen LogP contribution in [-0.4, -0.2) is 6.61 Å². The van der Waals surface area contributed by atoms with Gasteiger partial charge in [-0.05, 0) is 29.0 Å². The first kappa shape index (κ1) is 12.6. The fourth-order valence-electron chi connectivity index (χ4n) is 1.00. The maximum atomic E-state index is 13.3. The average Bonchev–Trinajstić information content (AvgIpc) is 2.20. The summed E-state index contributed by atoms with van der Waals surface area (Å²) in [5, 5.41) is 0. The van der Waals surface area contributed by atoms with Crippen molar-refractivity contribution < 1.29 is 17.9 Å². The van der Waals surface area contributed by atoms with E-state index in [0.29, 0.717) is 12.5 Å². The highest BCUT2D eigenvalue weighted by molar-refractivity contribution is 14.1. The van der Waals surface area contributed by atoms with E-state index < -0.39 is 23.2 Å². The van der Waals surface area contributed by atoms with Gasteiger partial charge in [0.15, 0.2) is 17.4 Å². The summed E-state index contributed by atoms with van der Waals surface area (Å²) >= 11 is 1.48. The van der Waals surface area contributed by atoms with Crippen LogP contribution in [0.15, 0.2) is 6.07 Å². The molecule has 0 fully saturated rings. The Morgan fingerprint density at radius 3 is 2.53 bits per heavy atom. The Labute approximate surface area is 99.8 Å². The van der Waals surface area contributed by atoms with Gasteiger partial charge in [-0.15, -0.1) is 0 Å². The summed E-state index contributed by atoms with van der Waals surface area (Å²) < 4.78 is 44.0. The van der Waals surface area contributed by atoms with Gasteiger partial charge in [0.05, 0.1) is 10.2 Å². The van der Waals surface area contributed by atoms with E-state index in [4.69, 9.17) is 4.74 Å². The molecule has 1 aromatic carbocycles. The number of rotatable bonds is 4. The molecule has 1 nitrogen and oxygen atoms in total. The van der Waals surface area contributed by atoms with Gasteiger partial charge in [-0.3, -0.25) is 0 Å². The third-order valence-corrected chi connectivity index (χ3v) is 2.81. The highest BCUT2D eigenvalue weighted by atomic mass is 127. The summed E-state index contributed by atoms with van der Waals surface area (Å²) in [6.45, 7) is 2.16. The van der Waals surface area contributed by atoms with Crippen LogP contribution < -0.4 is 4.74 Å². The van der Waals surface area contributed by atoms with Crippen molar-refractivity contribution in [1.29, 1.82) is 0 Å². The molecule has 1 rings (SSSR count). The van der Waals surface area contributed by atoms with E-state index in [0.717, 1.165) is 6.42 Å². The van der Waals surface area contributed by atoms with Crippen molar-refractivity contribution in [2.75, 3.05) is 6.61 Å². The van der Waals surface area contributed by atoms with Gasteiger partial charge in [0, 0.05) is 6.07 Å². The largest absolute Gasteiger partial charge is 0.488 e. The van der Waals surface area contributed by atoms with Gasteiger partial charge in [0.2, 0.25) is 0 Å². The van der Waals surface area contributed by atoms with E-state index in [1.54, 1.807) is 0 Å². The van der Waals surface area contributed by atoms with E-state index in [2.05, 4.69) is 0 Å². The van der Waals surface area contributed by atoms with Crippen molar-refractivity contribution >= 4 is 22.6 Å². The molecule has 1 aromatic rings. The van der Waals surface area contributed by atoms with Crippen LogP contribution in [0.2, 0.25) is 0 Å². The molecule has 5 heteroatoms. The summed E-state index contributed by atoms with van der Waals surface area (Å²) in [4.78, 5) is 0. The molecule has 0 atom stereocenters. The molecular formula is C10H10F3IO. The first-order valence-corrected chi connectivity index (χ1v) is 5.61. The topological polar surface area (TPSA) is 9.23 Å². The van der Waals surface area contributed by atoms with Crippen LogP contribution in [0.1, 0.15) is 19.8 Å². The summed E-state index contributed by atoms with van der Waals surface area (Å²) in [6.07, 6.45) is 1.56. The maximum absolute atomic E-state index is 13.3. The quantitative estimate of drug-likeness (QED) is 0.352. The minimum atomic E-state index is -0.999. The second kappa shape index (κ2) is 5.58. The number of hydrogen-bond acceptors (Lipinski definition) is 1. The summed E-state index contributed by atoms with van der Waals surface area (Å²) in [7, 11) is 0. The lowest BCUT2D eigenvalue weighted by Gasteiger charge is -2.09. The van der Waals surface area contributed by atoms with Crippen molar-refractivity contribution in [1.82, 2.24) is 0 Å². The van der Waals surface area contributed by atoms with Gasteiger partial charge in [-0.1, -0.05) is 13.3 Å². The zero-order valence-corrected chi connectivity index (χ0v) is 10.3. The first-order chi connectivity index (χ1) is 7.07. The normalized spacial score (nSPS) is 10.5. The molecule has 0 spiro atoms. The van der Waals surface area contributed by atoms with Crippen LogP contribution in [0.5, 0.6) is 5.75 Å². The van der Waals surface area contributed by atoms with Crippen LogP contribution in [0, 0.1) is 21.0 Å². The summed E-state index contributed by atoms with van der Waals surface area (Å²) in [5.41, 5.74) is 0. The molecule has 0 N–H and O–H groups in total. The van der Waals surface area contributed by atoms with Gasteiger partial charge in [-0.2, -0.15) is 0 Å². The number of unbranched alkanes of at least 4 members (excludes halogenated alkanes) is 1. The lowest BCUT2D eigenvalue weighted by Crippen LogP contribution is -2.04. The Morgan fingerprint density at radius 1 is 1.27 bits per heavy atom. The van der Waals surface area contributed by atoms with Crippen molar-refractivity contribution in [2.24, 2.45) is 0 Å². The highest BCUT2D eigenvalue weighted by Crippen LogP contribution is 2.28. The first-order valence-electron chi connectivity index (χ1n) is 4.53. The third-order valence-electron chi connectivity index (χ3n) is 1.82. The predicted octanol–water partition coefficient (Wildman–Crippen LogP) is 3.89. The predicted molar refractivity (Wildman–Crippen MR) is 59.4 cm³/mol. The van der Waals surface area contributed by atoms with Crippen LogP contribution in [0.4, 0.5) is 13.2 Å². The molecule has 0 aromatic heterocycles. The van der Waals surface area contributed by atoms with E-state index in [1.807, 2.05) is 6.92 Å². The lowest BCUT2D eigenvalue weighted by atomic mass is 10.3. The van der Waals surface area contributed by atoms with Gasteiger partial charge >= 0.3 is 0 Å². The van der Waals surface area contributed by atoms with Gasteiger partial charge < -0.3 is 4.74 Å². The van der Waals surface area contributed by atoms with Crippen LogP contribution in [0.3, 0.4) is 0 Å². The van der Waals surface area contributed by atoms with Crippen LogP contribution >= 0.6 is 22.6 Å². The molecule has 0 radical (unpaired) electrons. The molecule has 0 bridgehead atoms. The minimum absolute atomic E-state index is 0.228. The molecule has 0 saturated carbocycles. The molecule has 0 amide bonds. The van der Waals surface area contributed by atoms with E-state index in [9.17, 15) is 13.2 Å². The van der Waals surface area contributed by atoms with Gasteiger partial charge in [0.1, 0.15) is 5.82 Å². The Kier molecular flexibility index (Phi) is 4.69. The zero-order valence-electron chi connectivity index (χ0n) is 8.12. The average molecular weight is 330 g/mol. The third kappa shape index (κ3) is 2.99. The fraction of sp³-hybridized carbons (Fsp3) is 0.400. The lowest BCUT2D eigenvalue weighted by molar-refractivity contribution is 0.276. The molecule has 0 aliphatic heterocycles. The molecule has 0 aliphatic carbocycles. The van der Waals surface area contributed by atoms with Crippen molar-refractivity contribution in [2.45, 2.75) is 19.8 Å². The SMILES string of the molecule is CCCCOc1c(F)cc(F)c(I)c1F. The Morgan fingerprint density at radius 2 is 1.93 bits per heavy atom. The second-order valence-corrected chi connectivity index (χ2v) is 4.08. The Balaban J connectivity index is 2.92. The molecule has 0 unspecified atom stereocenters. The maximum Gasteiger partial charge on any atom is 0.192 e. The standard InChI is InChI=1S/C10H10F3IO/c1-2-3-4-15-10-7(12)5-6(11)9(14)8(10)13/h5H,2-4H2,1H3. The highest BCUT2D eigenvalue weighted by Gasteiger charge is 2.18. The Hall–Kier alpha value is -0.460. The molecule has 15 heavy (non-hydrogen) atoms. The number of halogens is 4. The number of ether oxygens (including phenoxy) is 1.